The molecule has 1 unspecified atom stereocenters. The van der Waals surface area contributed by atoms with Gasteiger partial charge in [0.05, 0.1) is 0 Å². The number of aliphatic hydroxyl groups excluding tert-OH is 1. The number of aliphatic hydroxyl groups is 1. The number of hydrogen-bond donors (Lipinski definition) is 2. The summed E-state index contributed by atoms with van der Waals surface area (Å²) >= 11 is 3.55. The Labute approximate surface area is 109 Å². The average molecular weight is 298 g/mol. The van der Waals surface area contributed by atoms with Gasteiger partial charge in [0.25, 0.3) is 0 Å². The lowest BCUT2D eigenvalue weighted by atomic mass is 9.96. The molecule has 1 amide bonds. The fraction of sp³-hybridized carbons (Fsp3) is 0.462. The topological polar surface area (TPSA) is 49.3 Å². The number of amides is 1. The number of rotatable bonds is 4. The molecule has 2 rings (SSSR count). The number of benzene rings is 1. The van der Waals surface area contributed by atoms with Crippen LogP contribution in [0.1, 0.15) is 25.3 Å². The van der Waals surface area contributed by atoms with Crippen molar-refractivity contribution < 1.29 is 9.90 Å². The highest BCUT2D eigenvalue weighted by molar-refractivity contribution is 9.10. The highest BCUT2D eigenvalue weighted by Crippen LogP contribution is 2.49. The van der Waals surface area contributed by atoms with Gasteiger partial charge in [-0.3, -0.25) is 4.79 Å². The van der Waals surface area contributed by atoms with Crippen LogP contribution in [0.5, 0.6) is 0 Å². The van der Waals surface area contributed by atoms with E-state index in [2.05, 4.69) is 27.3 Å². The van der Waals surface area contributed by atoms with Gasteiger partial charge in [0, 0.05) is 16.4 Å². The summed E-state index contributed by atoms with van der Waals surface area (Å²) in [5.74, 6) is -0.302. The molecule has 1 aromatic carbocycles. The summed E-state index contributed by atoms with van der Waals surface area (Å²) in [6.45, 7) is 2.08. The predicted octanol–water partition coefficient (Wildman–Crippen LogP) is 1.98. The Morgan fingerprint density at radius 1 is 1.53 bits per heavy atom. The standard InChI is InChI=1S/C13H16BrNO2/c1-9(16)12(17)15-8-13(6-7-13)10-4-2-3-5-11(10)14/h2-5,9,16H,6-8H2,1H3,(H,15,17). The monoisotopic (exact) mass is 297 g/mol. The number of hydrogen-bond acceptors (Lipinski definition) is 2. The molecule has 0 saturated heterocycles. The zero-order chi connectivity index (χ0) is 12.5. The molecule has 1 atom stereocenters. The van der Waals surface area contributed by atoms with Crippen LogP contribution in [0.15, 0.2) is 28.7 Å². The van der Waals surface area contributed by atoms with Gasteiger partial charge in [-0.15, -0.1) is 0 Å². The fourth-order valence-electron chi connectivity index (χ4n) is 1.99. The van der Waals surface area contributed by atoms with Crippen molar-refractivity contribution in [2.45, 2.75) is 31.3 Å². The van der Waals surface area contributed by atoms with Crippen LogP contribution in [0.2, 0.25) is 0 Å². The van der Waals surface area contributed by atoms with Gasteiger partial charge in [-0.1, -0.05) is 34.1 Å². The Bertz CT molecular complexity index is 427. The van der Waals surface area contributed by atoms with E-state index in [4.69, 9.17) is 5.11 Å². The second-order valence-corrected chi connectivity index (χ2v) is 5.51. The third-order valence-corrected chi connectivity index (χ3v) is 3.97. The van der Waals surface area contributed by atoms with Crippen molar-refractivity contribution in [3.63, 3.8) is 0 Å². The molecule has 4 heteroatoms. The van der Waals surface area contributed by atoms with Gasteiger partial charge in [0.15, 0.2) is 0 Å². The van der Waals surface area contributed by atoms with Crippen molar-refractivity contribution in [1.82, 2.24) is 5.32 Å². The molecule has 1 aromatic rings. The third kappa shape index (κ3) is 2.69. The minimum absolute atomic E-state index is 0.0602. The van der Waals surface area contributed by atoms with Crippen molar-refractivity contribution in [3.8, 4) is 0 Å². The van der Waals surface area contributed by atoms with Crippen molar-refractivity contribution in [3.05, 3.63) is 34.3 Å². The molecule has 1 fully saturated rings. The maximum atomic E-state index is 11.4. The molecule has 2 N–H and O–H groups in total. The van der Waals surface area contributed by atoms with Crippen LogP contribution >= 0.6 is 15.9 Å². The molecule has 0 aliphatic heterocycles. The van der Waals surface area contributed by atoms with E-state index >= 15 is 0 Å². The maximum absolute atomic E-state index is 11.4. The lowest BCUT2D eigenvalue weighted by molar-refractivity contribution is -0.128. The van der Waals surface area contributed by atoms with Gasteiger partial charge in [0.1, 0.15) is 6.10 Å². The average Bonchev–Trinajstić information content (AvgIpc) is 3.07. The first-order chi connectivity index (χ1) is 8.05. The fourth-order valence-corrected chi connectivity index (χ4v) is 2.69. The molecule has 1 saturated carbocycles. The Kier molecular flexibility index (Phi) is 3.54. The van der Waals surface area contributed by atoms with Crippen LogP contribution in [-0.4, -0.2) is 23.7 Å². The van der Waals surface area contributed by atoms with Crippen molar-refractivity contribution in [2.75, 3.05) is 6.54 Å². The molecular weight excluding hydrogens is 282 g/mol. The smallest absolute Gasteiger partial charge is 0.248 e. The Hall–Kier alpha value is -0.870. The molecule has 0 radical (unpaired) electrons. The van der Waals surface area contributed by atoms with Crippen molar-refractivity contribution in [1.29, 1.82) is 0 Å². The summed E-state index contributed by atoms with van der Waals surface area (Å²) < 4.78 is 1.09. The summed E-state index contributed by atoms with van der Waals surface area (Å²) in [6, 6.07) is 8.10. The van der Waals surface area contributed by atoms with Crippen LogP contribution in [0, 0.1) is 0 Å². The Morgan fingerprint density at radius 2 is 2.18 bits per heavy atom. The van der Waals surface area contributed by atoms with Crippen LogP contribution in [0.4, 0.5) is 0 Å². The molecule has 1 aliphatic rings. The normalized spacial score (nSPS) is 18.5. The number of halogens is 1. The summed E-state index contributed by atoms with van der Waals surface area (Å²) in [4.78, 5) is 11.4. The van der Waals surface area contributed by atoms with E-state index in [1.54, 1.807) is 0 Å². The predicted molar refractivity (Wildman–Crippen MR) is 69.7 cm³/mol. The summed E-state index contributed by atoms with van der Waals surface area (Å²) in [6.07, 6.45) is 1.22. The lowest BCUT2D eigenvalue weighted by Crippen LogP contribution is -2.37. The number of nitrogens with one attached hydrogen (secondary N) is 1. The van der Waals surface area contributed by atoms with Crippen LogP contribution < -0.4 is 5.32 Å². The van der Waals surface area contributed by atoms with Crippen molar-refractivity contribution in [2.24, 2.45) is 0 Å². The van der Waals surface area contributed by atoms with Crippen LogP contribution in [0.25, 0.3) is 0 Å². The minimum atomic E-state index is -0.940. The lowest BCUT2D eigenvalue weighted by Gasteiger charge is -2.18. The van der Waals surface area contributed by atoms with Gasteiger partial charge < -0.3 is 10.4 Å². The molecule has 92 valence electrons. The molecule has 0 aromatic heterocycles. The minimum Gasteiger partial charge on any atom is -0.384 e. The molecule has 3 nitrogen and oxygen atoms in total. The summed E-state index contributed by atoms with van der Waals surface area (Å²) in [5, 5.41) is 11.9. The van der Waals surface area contributed by atoms with Crippen LogP contribution in [0.3, 0.4) is 0 Å². The van der Waals surface area contributed by atoms with E-state index in [0.29, 0.717) is 6.54 Å². The van der Waals surface area contributed by atoms with Gasteiger partial charge in [0.2, 0.25) is 5.91 Å². The first-order valence-electron chi connectivity index (χ1n) is 5.76. The summed E-state index contributed by atoms with van der Waals surface area (Å²) in [5.41, 5.74) is 1.30. The van der Waals surface area contributed by atoms with E-state index in [1.165, 1.54) is 12.5 Å². The van der Waals surface area contributed by atoms with Gasteiger partial charge in [-0.2, -0.15) is 0 Å². The van der Waals surface area contributed by atoms with E-state index in [1.807, 2.05) is 18.2 Å². The van der Waals surface area contributed by atoms with E-state index in [9.17, 15) is 4.79 Å². The zero-order valence-corrected chi connectivity index (χ0v) is 11.3. The molecule has 17 heavy (non-hydrogen) atoms. The van der Waals surface area contributed by atoms with Crippen LogP contribution in [-0.2, 0) is 10.2 Å². The van der Waals surface area contributed by atoms with E-state index < -0.39 is 6.10 Å². The zero-order valence-electron chi connectivity index (χ0n) is 9.74. The molecule has 0 spiro atoms. The van der Waals surface area contributed by atoms with Gasteiger partial charge in [-0.25, -0.2) is 0 Å². The SMILES string of the molecule is CC(O)C(=O)NCC1(c2ccccc2Br)CC1. The second kappa shape index (κ2) is 4.78. The number of carbonyl (C=O) groups is 1. The molecular formula is C13H16BrNO2. The highest BCUT2D eigenvalue weighted by Gasteiger charge is 2.45. The Balaban J connectivity index is 2.06. The van der Waals surface area contributed by atoms with E-state index in [0.717, 1.165) is 17.3 Å². The summed E-state index contributed by atoms with van der Waals surface area (Å²) in [7, 11) is 0. The first kappa shape index (κ1) is 12.6. The largest absolute Gasteiger partial charge is 0.384 e. The highest BCUT2D eigenvalue weighted by atomic mass is 79.9. The number of carbonyl (C=O) groups excluding carboxylic acids is 1. The first-order valence-corrected chi connectivity index (χ1v) is 6.55. The van der Waals surface area contributed by atoms with Gasteiger partial charge in [-0.05, 0) is 31.4 Å². The maximum Gasteiger partial charge on any atom is 0.248 e. The molecule has 1 aliphatic carbocycles. The quantitative estimate of drug-likeness (QED) is 0.893. The molecule has 0 heterocycles. The van der Waals surface area contributed by atoms with E-state index in [-0.39, 0.29) is 11.3 Å². The molecule has 0 bridgehead atoms. The van der Waals surface area contributed by atoms with Crippen molar-refractivity contribution >= 4 is 21.8 Å². The van der Waals surface area contributed by atoms with Gasteiger partial charge >= 0.3 is 0 Å². The second-order valence-electron chi connectivity index (χ2n) is 4.65. The Morgan fingerprint density at radius 3 is 2.71 bits per heavy atom. The third-order valence-electron chi connectivity index (χ3n) is 3.28.